The minimum absolute atomic E-state index is 0.0983. The van der Waals surface area contributed by atoms with E-state index >= 15 is 0 Å². The number of benzene rings is 1. The molecule has 0 spiro atoms. The summed E-state index contributed by atoms with van der Waals surface area (Å²) in [6, 6.07) is 7.87. The van der Waals surface area contributed by atoms with E-state index in [4.69, 9.17) is 0 Å². The van der Waals surface area contributed by atoms with Gasteiger partial charge in [-0.15, -0.1) is 0 Å². The van der Waals surface area contributed by atoms with Gasteiger partial charge in [0.15, 0.2) is 14.6 Å². The molecule has 0 saturated heterocycles. The second-order valence-electron chi connectivity index (χ2n) is 4.80. The van der Waals surface area contributed by atoms with Crippen LogP contribution >= 0.6 is 0 Å². The van der Waals surface area contributed by atoms with Crippen LogP contribution in [0.1, 0.15) is 26.2 Å². The van der Waals surface area contributed by atoms with Crippen LogP contribution in [0.15, 0.2) is 35.2 Å². The predicted molar refractivity (Wildman–Crippen MR) is 67.0 cm³/mol. The molecule has 0 aliphatic heterocycles. The maximum atomic E-state index is 12.6. The van der Waals surface area contributed by atoms with Crippen LogP contribution < -0.4 is 0 Å². The lowest BCUT2D eigenvalue weighted by Gasteiger charge is -2.28. The van der Waals surface area contributed by atoms with Crippen molar-refractivity contribution < 1.29 is 18.3 Å². The third-order valence-corrected chi connectivity index (χ3v) is 6.51. The normalized spacial score (nSPS) is 28.2. The van der Waals surface area contributed by atoms with Crippen LogP contribution in [0.25, 0.3) is 0 Å². The fourth-order valence-electron chi connectivity index (χ4n) is 2.79. The second-order valence-corrected chi connectivity index (χ2v) is 7.01. The number of carbonyl (C=O) groups is 1. The molecule has 1 saturated carbocycles. The Hall–Kier alpha value is -1.36. The number of hydrogen-bond donors (Lipinski definition) is 1. The molecular weight excluding hydrogens is 252 g/mol. The van der Waals surface area contributed by atoms with E-state index < -0.39 is 20.6 Å². The molecule has 18 heavy (non-hydrogen) atoms. The van der Waals surface area contributed by atoms with Gasteiger partial charge in [0, 0.05) is 0 Å². The van der Waals surface area contributed by atoms with Gasteiger partial charge in [0.05, 0.1) is 4.90 Å². The summed E-state index contributed by atoms with van der Waals surface area (Å²) in [4.78, 5) is 11.7. The molecule has 2 rings (SSSR count). The zero-order valence-corrected chi connectivity index (χ0v) is 11.0. The lowest BCUT2D eigenvalue weighted by atomic mass is 9.97. The van der Waals surface area contributed by atoms with Crippen molar-refractivity contribution in [3.05, 3.63) is 30.3 Å². The molecule has 1 aromatic rings. The summed E-state index contributed by atoms with van der Waals surface area (Å²) < 4.78 is 23.6. The SMILES string of the molecule is CC1CCCC1(C(=O)O)S(=O)(=O)c1ccccc1. The van der Waals surface area contributed by atoms with Crippen LogP contribution in [0.5, 0.6) is 0 Å². The van der Waals surface area contributed by atoms with E-state index in [9.17, 15) is 18.3 Å². The molecule has 2 atom stereocenters. The summed E-state index contributed by atoms with van der Waals surface area (Å²) in [5.74, 6) is -1.59. The van der Waals surface area contributed by atoms with E-state index in [0.717, 1.165) is 0 Å². The number of carboxylic acid groups (broad SMARTS) is 1. The van der Waals surface area contributed by atoms with Gasteiger partial charge in [0.2, 0.25) is 0 Å². The van der Waals surface area contributed by atoms with Gasteiger partial charge in [-0.25, -0.2) is 8.42 Å². The van der Waals surface area contributed by atoms with E-state index in [2.05, 4.69) is 0 Å². The van der Waals surface area contributed by atoms with Gasteiger partial charge in [0.25, 0.3) is 0 Å². The highest BCUT2D eigenvalue weighted by Gasteiger charge is 2.57. The Kier molecular flexibility index (Phi) is 3.19. The van der Waals surface area contributed by atoms with Gasteiger partial charge < -0.3 is 5.11 Å². The van der Waals surface area contributed by atoms with Crippen molar-refractivity contribution in [1.29, 1.82) is 0 Å². The first-order valence-corrected chi connectivity index (χ1v) is 7.44. The zero-order valence-electron chi connectivity index (χ0n) is 10.2. The molecule has 98 valence electrons. The average molecular weight is 268 g/mol. The monoisotopic (exact) mass is 268 g/mol. The molecule has 1 aromatic carbocycles. The smallest absolute Gasteiger partial charge is 0.325 e. The van der Waals surface area contributed by atoms with Gasteiger partial charge in [-0.1, -0.05) is 31.5 Å². The number of sulfone groups is 1. The Morgan fingerprint density at radius 1 is 1.33 bits per heavy atom. The van der Waals surface area contributed by atoms with E-state index in [1.54, 1.807) is 25.1 Å². The molecule has 1 N–H and O–H groups in total. The molecule has 0 bridgehead atoms. The van der Waals surface area contributed by atoms with Crippen molar-refractivity contribution >= 4 is 15.8 Å². The second kappa shape index (κ2) is 4.39. The Labute approximate surface area is 107 Å². The van der Waals surface area contributed by atoms with Crippen LogP contribution in [-0.2, 0) is 14.6 Å². The summed E-state index contributed by atoms with van der Waals surface area (Å²) in [6.45, 7) is 1.71. The van der Waals surface area contributed by atoms with Gasteiger partial charge in [-0.3, -0.25) is 4.79 Å². The van der Waals surface area contributed by atoms with E-state index in [-0.39, 0.29) is 17.2 Å². The lowest BCUT2D eigenvalue weighted by molar-refractivity contribution is -0.141. The lowest BCUT2D eigenvalue weighted by Crippen LogP contribution is -2.48. The topological polar surface area (TPSA) is 71.4 Å². The maximum absolute atomic E-state index is 12.6. The minimum Gasteiger partial charge on any atom is -0.480 e. The van der Waals surface area contributed by atoms with Crippen molar-refractivity contribution in [3.8, 4) is 0 Å². The van der Waals surface area contributed by atoms with Crippen molar-refractivity contribution in [3.63, 3.8) is 0 Å². The first-order chi connectivity index (χ1) is 8.43. The quantitative estimate of drug-likeness (QED) is 0.911. The van der Waals surface area contributed by atoms with Crippen molar-refractivity contribution in [1.82, 2.24) is 0 Å². The first-order valence-electron chi connectivity index (χ1n) is 5.96. The van der Waals surface area contributed by atoms with Gasteiger partial charge in [0.1, 0.15) is 0 Å². The Morgan fingerprint density at radius 3 is 2.39 bits per heavy atom. The first kappa shape index (κ1) is 13.1. The highest BCUT2D eigenvalue weighted by Crippen LogP contribution is 2.44. The predicted octanol–water partition coefficient (Wildman–Crippen LogP) is 2.10. The number of carboxylic acids is 1. The number of rotatable bonds is 3. The molecule has 5 heteroatoms. The summed E-state index contributed by atoms with van der Waals surface area (Å²) in [5, 5.41) is 9.45. The molecule has 1 aliphatic rings. The van der Waals surface area contributed by atoms with Crippen LogP contribution in [0, 0.1) is 5.92 Å². The Morgan fingerprint density at radius 2 is 1.94 bits per heavy atom. The van der Waals surface area contributed by atoms with E-state index in [1.807, 2.05) is 0 Å². The van der Waals surface area contributed by atoms with Crippen LogP contribution in [0.4, 0.5) is 0 Å². The van der Waals surface area contributed by atoms with Crippen LogP contribution in [0.3, 0.4) is 0 Å². The van der Waals surface area contributed by atoms with E-state index in [0.29, 0.717) is 12.8 Å². The molecule has 4 nitrogen and oxygen atoms in total. The number of hydrogen-bond acceptors (Lipinski definition) is 3. The van der Waals surface area contributed by atoms with Gasteiger partial charge >= 0.3 is 5.97 Å². The van der Waals surface area contributed by atoms with Crippen molar-refractivity contribution in [2.75, 3.05) is 0 Å². The Balaban J connectivity index is 2.61. The third-order valence-electron chi connectivity index (χ3n) is 3.88. The van der Waals surface area contributed by atoms with Crippen molar-refractivity contribution in [2.45, 2.75) is 35.8 Å². The van der Waals surface area contributed by atoms with Crippen molar-refractivity contribution in [2.24, 2.45) is 5.92 Å². The molecule has 0 heterocycles. The van der Waals surface area contributed by atoms with Crippen LogP contribution in [0.2, 0.25) is 0 Å². The summed E-state index contributed by atoms with van der Waals surface area (Å²) >= 11 is 0. The molecule has 1 fully saturated rings. The fourth-order valence-corrected chi connectivity index (χ4v) is 5.02. The fraction of sp³-hybridized carbons (Fsp3) is 0.462. The molecule has 0 amide bonds. The molecular formula is C13H16O4S. The highest BCUT2D eigenvalue weighted by molar-refractivity contribution is 7.93. The van der Waals surface area contributed by atoms with Crippen LogP contribution in [-0.4, -0.2) is 24.2 Å². The summed E-state index contributed by atoms with van der Waals surface area (Å²) in [6.07, 6.45) is 1.47. The summed E-state index contributed by atoms with van der Waals surface area (Å²) in [7, 11) is -3.85. The molecule has 2 unspecified atom stereocenters. The Bertz CT molecular complexity index is 550. The van der Waals surface area contributed by atoms with Gasteiger partial charge in [-0.2, -0.15) is 0 Å². The maximum Gasteiger partial charge on any atom is 0.325 e. The van der Waals surface area contributed by atoms with Gasteiger partial charge in [-0.05, 0) is 30.9 Å². The zero-order chi connectivity index (χ0) is 13.4. The average Bonchev–Trinajstić information content (AvgIpc) is 2.73. The standard InChI is InChI=1S/C13H16O4S/c1-10-6-5-9-13(10,12(14)15)18(16,17)11-7-3-2-4-8-11/h2-4,7-8,10H,5-6,9H2,1H3,(H,14,15). The molecule has 0 radical (unpaired) electrons. The number of aliphatic carboxylic acids is 1. The third kappa shape index (κ3) is 1.65. The largest absolute Gasteiger partial charge is 0.480 e. The highest BCUT2D eigenvalue weighted by atomic mass is 32.2. The molecule has 0 aromatic heterocycles. The molecule has 1 aliphatic carbocycles. The minimum atomic E-state index is -3.85. The van der Waals surface area contributed by atoms with E-state index in [1.165, 1.54) is 12.1 Å². The summed E-state index contributed by atoms with van der Waals surface area (Å²) in [5.41, 5.74) is 0.